The van der Waals surface area contributed by atoms with Crippen LogP contribution in [-0.2, 0) is 4.74 Å². The Balaban J connectivity index is 1.07. The molecule has 0 amide bonds. The number of hydrogen-bond donors (Lipinski definition) is 0. The lowest BCUT2D eigenvalue weighted by Crippen LogP contribution is -2.57. The molecule has 6 heteroatoms. The number of benzene rings is 1. The van der Waals surface area contributed by atoms with Crippen molar-refractivity contribution in [2.24, 2.45) is 5.92 Å². The van der Waals surface area contributed by atoms with E-state index in [1.165, 1.54) is 31.6 Å². The molecule has 184 valence electrons. The lowest BCUT2D eigenvalue weighted by atomic mass is 9.89. The third-order valence-electron chi connectivity index (χ3n) is 7.73. The maximum absolute atomic E-state index is 6.35. The smallest absolute Gasteiger partial charge is 0.128 e. The Labute approximate surface area is 204 Å². The number of morpholine rings is 1. The van der Waals surface area contributed by atoms with Gasteiger partial charge in [-0.2, -0.15) is 0 Å². The lowest BCUT2D eigenvalue weighted by Gasteiger charge is -2.48. The third kappa shape index (κ3) is 5.84. The predicted octanol–water partition coefficient (Wildman–Crippen LogP) is 4.46. The van der Waals surface area contributed by atoms with Gasteiger partial charge in [-0.25, -0.2) is 4.98 Å². The molecule has 3 aliphatic heterocycles. The van der Waals surface area contributed by atoms with Crippen molar-refractivity contribution in [1.29, 1.82) is 0 Å². The van der Waals surface area contributed by atoms with Crippen LogP contribution in [0.2, 0.25) is 0 Å². The van der Waals surface area contributed by atoms with Crippen molar-refractivity contribution in [3.8, 4) is 5.75 Å². The van der Waals surface area contributed by atoms with E-state index in [0.717, 1.165) is 82.7 Å². The van der Waals surface area contributed by atoms with Gasteiger partial charge in [-0.05, 0) is 81.0 Å². The number of likely N-dealkylation sites (tertiary alicyclic amines) is 1. The number of anilines is 2. The zero-order valence-electron chi connectivity index (χ0n) is 20.7. The number of piperidine rings is 2. The zero-order valence-corrected chi connectivity index (χ0v) is 20.7. The first-order valence-electron chi connectivity index (χ1n) is 13.2. The summed E-state index contributed by atoms with van der Waals surface area (Å²) in [7, 11) is 0. The van der Waals surface area contributed by atoms with Crippen LogP contribution in [0.1, 0.15) is 39.0 Å². The summed E-state index contributed by atoms with van der Waals surface area (Å²) in [4.78, 5) is 12.0. The second kappa shape index (κ2) is 11.0. The molecule has 3 saturated heterocycles. The first kappa shape index (κ1) is 23.4. The molecule has 1 atom stereocenters. The summed E-state index contributed by atoms with van der Waals surface area (Å²) in [6, 6.07) is 14.8. The van der Waals surface area contributed by atoms with E-state index in [1.807, 2.05) is 12.3 Å². The fourth-order valence-corrected chi connectivity index (χ4v) is 5.78. The number of ether oxygens (including phenoxy) is 2. The van der Waals surface area contributed by atoms with Crippen molar-refractivity contribution < 1.29 is 9.47 Å². The molecule has 1 spiro atoms. The van der Waals surface area contributed by atoms with Gasteiger partial charge in [0, 0.05) is 51.2 Å². The van der Waals surface area contributed by atoms with E-state index in [9.17, 15) is 0 Å². The molecule has 0 bridgehead atoms. The van der Waals surface area contributed by atoms with E-state index in [2.05, 4.69) is 63.0 Å². The van der Waals surface area contributed by atoms with Crippen LogP contribution in [0.4, 0.5) is 11.5 Å². The van der Waals surface area contributed by atoms with Crippen LogP contribution < -0.4 is 14.5 Å². The summed E-state index contributed by atoms with van der Waals surface area (Å²) < 4.78 is 12.4. The number of hydrogen-bond acceptors (Lipinski definition) is 6. The van der Waals surface area contributed by atoms with Crippen LogP contribution in [0.3, 0.4) is 0 Å². The molecule has 5 rings (SSSR count). The van der Waals surface area contributed by atoms with Gasteiger partial charge < -0.3 is 24.2 Å². The van der Waals surface area contributed by atoms with Crippen molar-refractivity contribution in [2.45, 2.75) is 44.6 Å². The van der Waals surface area contributed by atoms with Crippen molar-refractivity contribution in [1.82, 2.24) is 9.88 Å². The van der Waals surface area contributed by atoms with Crippen molar-refractivity contribution in [2.75, 3.05) is 68.8 Å². The first-order valence-corrected chi connectivity index (χ1v) is 13.2. The highest BCUT2D eigenvalue weighted by Gasteiger charge is 2.40. The van der Waals surface area contributed by atoms with Gasteiger partial charge in [-0.15, -0.1) is 0 Å². The van der Waals surface area contributed by atoms with Crippen LogP contribution in [-0.4, -0.2) is 74.5 Å². The van der Waals surface area contributed by atoms with Crippen molar-refractivity contribution >= 4 is 11.5 Å². The molecule has 1 aromatic heterocycles. The van der Waals surface area contributed by atoms with Gasteiger partial charge in [0.1, 0.15) is 11.6 Å². The minimum absolute atomic E-state index is 0.0541. The highest BCUT2D eigenvalue weighted by Crippen LogP contribution is 2.34. The molecule has 34 heavy (non-hydrogen) atoms. The average Bonchev–Trinajstić information content (AvgIpc) is 2.88. The zero-order chi connectivity index (χ0) is 23.2. The largest absolute Gasteiger partial charge is 0.494 e. The minimum Gasteiger partial charge on any atom is -0.494 e. The summed E-state index contributed by atoms with van der Waals surface area (Å²) in [6.07, 6.45) is 7.79. The van der Waals surface area contributed by atoms with E-state index < -0.39 is 0 Å². The fourth-order valence-electron chi connectivity index (χ4n) is 5.78. The Morgan fingerprint density at radius 2 is 1.88 bits per heavy atom. The molecule has 3 aliphatic rings. The second-order valence-electron chi connectivity index (χ2n) is 10.4. The Morgan fingerprint density at radius 3 is 2.65 bits per heavy atom. The molecule has 0 aliphatic carbocycles. The molecular weight excluding hydrogens is 424 g/mol. The molecule has 0 radical (unpaired) electrons. The van der Waals surface area contributed by atoms with Crippen LogP contribution in [0.25, 0.3) is 0 Å². The van der Waals surface area contributed by atoms with E-state index in [-0.39, 0.29) is 5.60 Å². The van der Waals surface area contributed by atoms with Crippen LogP contribution in [0.5, 0.6) is 5.75 Å². The maximum atomic E-state index is 6.35. The van der Waals surface area contributed by atoms with Gasteiger partial charge in [-0.1, -0.05) is 13.0 Å². The Hall–Kier alpha value is -2.31. The summed E-state index contributed by atoms with van der Waals surface area (Å²) in [6.45, 7) is 11.5. The lowest BCUT2D eigenvalue weighted by molar-refractivity contribution is -0.0706. The van der Waals surface area contributed by atoms with Gasteiger partial charge in [0.25, 0.3) is 0 Å². The summed E-state index contributed by atoms with van der Waals surface area (Å²) >= 11 is 0. The highest BCUT2D eigenvalue weighted by atomic mass is 16.5. The van der Waals surface area contributed by atoms with Crippen LogP contribution in [0.15, 0.2) is 48.7 Å². The summed E-state index contributed by atoms with van der Waals surface area (Å²) in [5.41, 5.74) is 1.23. The number of aromatic nitrogens is 1. The van der Waals surface area contributed by atoms with E-state index in [1.54, 1.807) is 0 Å². The normalized spacial score (nSPS) is 23.3. The SMILES string of the molecule is C[C@H]1CCCN(CCCOc2ccc(N3CCC4(CC3)CN(c3ccccn3)CCO4)cc2)C1. The van der Waals surface area contributed by atoms with Crippen LogP contribution in [0, 0.1) is 5.92 Å². The molecule has 4 heterocycles. The fraction of sp³-hybridized carbons (Fsp3) is 0.607. The maximum Gasteiger partial charge on any atom is 0.128 e. The highest BCUT2D eigenvalue weighted by molar-refractivity contribution is 5.50. The number of pyridine rings is 1. The standard InChI is InChI=1S/C28H40N4O2/c1-24-6-4-15-30(22-24)16-5-20-33-26-10-8-25(9-11-26)31-17-12-28(13-18-31)23-32(19-21-34-28)27-7-2-3-14-29-27/h2-3,7-11,14,24H,4-6,12-13,15-23H2,1H3/t24-/m0/s1. The molecular formula is C28H40N4O2. The predicted molar refractivity (Wildman–Crippen MR) is 138 cm³/mol. The molecule has 1 aromatic carbocycles. The number of nitrogens with zero attached hydrogens (tertiary/aromatic N) is 4. The monoisotopic (exact) mass is 464 g/mol. The summed E-state index contributed by atoms with van der Waals surface area (Å²) in [5, 5.41) is 0. The molecule has 0 saturated carbocycles. The Bertz CT molecular complexity index is 883. The summed E-state index contributed by atoms with van der Waals surface area (Å²) in [5.74, 6) is 2.89. The van der Waals surface area contributed by atoms with Gasteiger partial charge in [0.2, 0.25) is 0 Å². The van der Waals surface area contributed by atoms with E-state index >= 15 is 0 Å². The average molecular weight is 465 g/mol. The molecule has 3 fully saturated rings. The minimum atomic E-state index is -0.0541. The Morgan fingerprint density at radius 1 is 1.03 bits per heavy atom. The van der Waals surface area contributed by atoms with Gasteiger partial charge in [-0.3, -0.25) is 0 Å². The van der Waals surface area contributed by atoms with Crippen LogP contribution >= 0.6 is 0 Å². The van der Waals surface area contributed by atoms with Crippen molar-refractivity contribution in [3.63, 3.8) is 0 Å². The van der Waals surface area contributed by atoms with Gasteiger partial charge >= 0.3 is 0 Å². The van der Waals surface area contributed by atoms with Gasteiger partial charge in [0.15, 0.2) is 0 Å². The molecule has 0 N–H and O–H groups in total. The molecule has 0 unspecified atom stereocenters. The topological polar surface area (TPSA) is 41.1 Å². The van der Waals surface area contributed by atoms with Gasteiger partial charge in [0.05, 0.1) is 18.8 Å². The van der Waals surface area contributed by atoms with E-state index in [4.69, 9.17) is 9.47 Å². The first-order chi connectivity index (χ1) is 16.7. The van der Waals surface area contributed by atoms with E-state index in [0.29, 0.717) is 0 Å². The van der Waals surface area contributed by atoms with Crippen molar-refractivity contribution in [3.05, 3.63) is 48.7 Å². The Kier molecular flexibility index (Phi) is 7.55. The second-order valence-corrected chi connectivity index (χ2v) is 10.4. The third-order valence-corrected chi connectivity index (χ3v) is 7.73. The number of rotatable bonds is 7. The quantitative estimate of drug-likeness (QED) is 0.564. The molecule has 6 nitrogen and oxygen atoms in total. The molecule has 2 aromatic rings.